The van der Waals surface area contributed by atoms with Gasteiger partial charge in [0.2, 0.25) is 0 Å². The molecule has 0 bridgehead atoms. The normalized spacial score (nSPS) is 18.5. The van der Waals surface area contributed by atoms with E-state index < -0.39 is 0 Å². The summed E-state index contributed by atoms with van der Waals surface area (Å²) in [6.45, 7) is 4.64. The van der Waals surface area contributed by atoms with Gasteiger partial charge >= 0.3 is 0 Å². The first kappa shape index (κ1) is 15.2. The molecule has 0 radical (unpaired) electrons. The van der Waals surface area contributed by atoms with Gasteiger partial charge in [-0.05, 0) is 35.1 Å². The van der Waals surface area contributed by atoms with Crippen molar-refractivity contribution in [1.29, 1.82) is 0 Å². The number of benzene rings is 2. The van der Waals surface area contributed by atoms with Crippen LogP contribution in [0.1, 0.15) is 43.7 Å². The summed E-state index contributed by atoms with van der Waals surface area (Å²) in [6, 6.07) is 17.9. The maximum absolute atomic E-state index is 2.45. The Balaban J connectivity index is 1.94. The molecule has 2 aliphatic carbocycles. The van der Waals surface area contributed by atoms with Crippen LogP contribution in [-0.4, -0.2) is 0 Å². The molecule has 0 heterocycles. The van der Waals surface area contributed by atoms with E-state index in [2.05, 4.69) is 92.8 Å². The third-order valence-electron chi connectivity index (χ3n) is 5.60. The Morgan fingerprint density at radius 2 is 1.62 bits per heavy atom. The van der Waals surface area contributed by atoms with E-state index in [-0.39, 0.29) is 5.41 Å². The molecule has 0 heteroatoms. The Bertz CT molecular complexity index is 804. The van der Waals surface area contributed by atoms with Crippen molar-refractivity contribution in [1.82, 2.24) is 0 Å². The van der Waals surface area contributed by atoms with E-state index >= 15 is 0 Å². The Morgan fingerprint density at radius 1 is 1.00 bits per heavy atom. The summed E-state index contributed by atoms with van der Waals surface area (Å²) in [4.78, 5) is 0. The van der Waals surface area contributed by atoms with Gasteiger partial charge in [0, 0.05) is 11.3 Å². The number of fused-ring (bicyclic) bond motifs is 3. The van der Waals surface area contributed by atoms with Gasteiger partial charge < -0.3 is 0 Å². The van der Waals surface area contributed by atoms with Crippen LogP contribution < -0.4 is 0 Å². The lowest BCUT2D eigenvalue weighted by Gasteiger charge is -2.36. The second kappa shape index (κ2) is 5.94. The topological polar surface area (TPSA) is 0 Å². The van der Waals surface area contributed by atoms with Gasteiger partial charge in [0.05, 0.1) is 0 Å². The SMILES string of the molecule is CCC=CC(C)(C1=CC=CC1)C1c2ccccc2-c2ccccc21. The van der Waals surface area contributed by atoms with Crippen molar-refractivity contribution in [3.63, 3.8) is 0 Å². The molecule has 1 unspecified atom stereocenters. The first-order chi connectivity index (χ1) is 11.8. The molecule has 1 atom stereocenters. The molecule has 0 aromatic heterocycles. The Morgan fingerprint density at radius 3 is 2.17 bits per heavy atom. The number of hydrogen-bond acceptors (Lipinski definition) is 0. The molecule has 24 heavy (non-hydrogen) atoms. The smallest absolute Gasteiger partial charge is 0.0228 e. The van der Waals surface area contributed by atoms with Crippen LogP contribution in [0.2, 0.25) is 0 Å². The van der Waals surface area contributed by atoms with Gasteiger partial charge in [-0.1, -0.05) is 98.3 Å². The first-order valence-corrected chi connectivity index (χ1v) is 8.98. The predicted octanol–water partition coefficient (Wildman–Crippen LogP) is 6.66. The molecule has 0 fully saturated rings. The zero-order valence-corrected chi connectivity index (χ0v) is 14.5. The monoisotopic (exact) mass is 312 g/mol. The van der Waals surface area contributed by atoms with Crippen molar-refractivity contribution in [2.24, 2.45) is 5.41 Å². The van der Waals surface area contributed by atoms with Gasteiger partial charge in [0.1, 0.15) is 0 Å². The molecule has 0 spiro atoms. The summed E-state index contributed by atoms with van der Waals surface area (Å²) in [5, 5.41) is 0. The zero-order chi connectivity index (χ0) is 16.6. The van der Waals surface area contributed by atoms with E-state index in [1.54, 1.807) is 0 Å². The number of allylic oxidation sites excluding steroid dienone is 6. The average Bonchev–Trinajstić information content (AvgIpc) is 3.26. The van der Waals surface area contributed by atoms with Gasteiger partial charge in [-0.15, -0.1) is 0 Å². The average molecular weight is 312 g/mol. The first-order valence-electron chi connectivity index (χ1n) is 8.98. The van der Waals surface area contributed by atoms with E-state index in [0.717, 1.165) is 12.8 Å². The van der Waals surface area contributed by atoms with Crippen LogP contribution in [0.4, 0.5) is 0 Å². The van der Waals surface area contributed by atoms with Crippen LogP contribution in [0.25, 0.3) is 11.1 Å². The number of hydrogen-bond donors (Lipinski definition) is 0. The molecule has 0 aliphatic heterocycles. The van der Waals surface area contributed by atoms with Crippen LogP contribution in [-0.2, 0) is 0 Å². The molecule has 0 saturated carbocycles. The largest absolute Gasteiger partial charge is 0.0879 e. The van der Waals surface area contributed by atoms with Crippen LogP contribution in [0.5, 0.6) is 0 Å². The van der Waals surface area contributed by atoms with Crippen molar-refractivity contribution in [3.05, 3.63) is 95.6 Å². The molecule has 2 aromatic rings. The summed E-state index contributed by atoms with van der Waals surface area (Å²) in [5.41, 5.74) is 7.28. The minimum absolute atomic E-state index is 0.0161. The van der Waals surface area contributed by atoms with Gasteiger partial charge in [-0.3, -0.25) is 0 Å². The van der Waals surface area contributed by atoms with E-state index in [1.165, 1.54) is 27.8 Å². The van der Waals surface area contributed by atoms with Crippen LogP contribution in [0.15, 0.2) is 84.5 Å². The van der Waals surface area contributed by atoms with Crippen molar-refractivity contribution in [2.45, 2.75) is 32.6 Å². The lowest BCUT2D eigenvalue weighted by molar-refractivity contribution is 0.446. The van der Waals surface area contributed by atoms with E-state index in [4.69, 9.17) is 0 Å². The molecule has 2 aromatic carbocycles. The molecule has 2 aliphatic rings. The van der Waals surface area contributed by atoms with Crippen LogP contribution in [0, 0.1) is 5.41 Å². The van der Waals surface area contributed by atoms with Gasteiger partial charge in [0.15, 0.2) is 0 Å². The zero-order valence-electron chi connectivity index (χ0n) is 14.5. The highest BCUT2D eigenvalue weighted by atomic mass is 14.4. The highest BCUT2D eigenvalue weighted by molar-refractivity contribution is 5.79. The van der Waals surface area contributed by atoms with Gasteiger partial charge in [0.25, 0.3) is 0 Å². The fourth-order valence-corrected chi connectivity index (χ4v) is 4.40. The van der Waals surface area contributed by atoms with Crippen molar-refractivity contribution in [3.8, 4) is 11.1 Å². The van der Waals surface area contributed by atoms with Gasteiger partial charge in [-0.25, -0.2) is 0 Å². The Hall–Kier alpha value is -2.34. The summed E-state index contributed by atoms with van der Waals surface area (Å²) in [6.07, 6.45) is 13.7. The predicted molar refractivity (Wildman–Crippen MR) is 103 cm³/mol. The fourth-order valence-electron chi connectivity index (χ4n) is 4.40. The fraction of sp³-hybridized carbons (Fsp3) is 0.250. The third-order valence-corrected chi connectivity index (χ3v) is 5.60. The lowest BCUT2D eigenvalue weighted by Crippen LogP contribution is -2.25. The summed E-state index contributed by atoms with van der Waals surface area (Å²) < 4.78 is 0. The molecule has 120 valence electrons. The summed E-state index contributed by atoms with van der Waals surface area (Å²) in [5.74, 6) is 0.388. The summed E-state index contributed by atoms with van der Waals surface area (Å²) in [7, 11) is 0. The molecule has 0 nitrogen and oxygen atoms in total. The highest BCUT2D eigenvalue weighted by Crippen LogP contribution is 2.56. The van der Waals surface area contributed by atoms with Gasteiger partial charge in [-0.2, -0.15) is 0 Å². The standard InChI is InChI=1S/C24H24/c1-3-4-17-24(2,18-11-5-6-12-18)23-21-15-9-7-13-19(21)20-14-8-10-16-22(20)23/h4-11,13-17,23H,3,12H2,1-2H3. The second-order valence-electron chi connectivity index (χ2n) is 7.03. The van der Waals surface area contributed by atoms with Crippen molar-refractivity contribution >= 4 is 0 Å². The molecular weight excluding hydrogens is 288 g/mol. The minimum atomic E-state index is 0.0161. The lowest BCUT2D eigenvalue weighted by atomic mass is 9.67. The molecule has 0 saturated heterocycles. The Labute approximate surface area is 145 Å². The van der Waals surface area contributed by atoms with E-state index in [9.17, 15) is 0 Å². The van der Waals surface area contributed by atoms with Crippen LogP contribution in [0.3, 0.4) is 0 Å². The Kier molecular flexibility index (Phi) is 3.76. The highest BCUT2D eigenvalue weighted by Gasteiger charge is 2.42. The minimum Gasteiger partial charge on any atom is -0.0879 e. The van der Waals surface area contributed by atoms with E-state index in [1.807, 2.05) is 0 Å². The molecule has 4 rings (SSSR count). The maximum Gasteiger partial charge on any atom is 0.0228 e. The maximum atomic E-state index is 2.45. The van der Waals surface area contributed by atoms with Crippen molar-refractivity contribution < 1.29 is 0 Å². The molecular formula is C24H24. The quantitative estimate of drug-likeness (QED) is 0.554. The second-order valence-corrected chi connectivity index (χ2v) is 7.03. The third kappa shape index (κ3) is 2.21. The van der Waals surface area contributed by atoms with Crippen LogP contribution >= 0.6 is 0 Å². The summed E-state index contributed by atoms with van der Waals surface area (Å²) >= 11 is 0. The van der Waals surface area contributed by atoms with E-state index in [0.29, 0.717) is 5.92 Å². The number of rotatable bonds is 4. The van der Waals surface area contributed by atoms with Crippen molar-refractivity contribution in [2.75, 3.05) is 0 Å². The molecule has 0 N–H and O–H groups in total. The molecule has 0 amide bonds.